The molecule has 0 unspecified atom stereocenters. The molecular formula is C19H18ClN3O3S. The van der Waals surface area contributed by atoms with Gasteiger partial charge in [-0.05, 0) is 37.1 Å². The lowest BCUT2D eigenvalue weighted by molar-refractivity contribution is 0.102. The van der Waals surface area contributed by atoms with E-state index in [2.05, 4.69) is 9.71 Å². The van der Waals surface area contributed by atoms with Gasteiger partial charge in [0.1, 0.15) is 10.7 Å². The first-order valence-corrected chi connectivity index (χ1v) is 10.6. The second-order valence-corrected chi connectivity index (χ2v) is 8.54. The molecule has 0 radical (unpaired) electrons. The summed E-state index contributed by atoms with van der Waals surface area (Å²) in [4.78, 5) is 14.6. The van der Waals surface area contributed by atoms with E-state index in [1.807, 2.05) is 11.0 Å². The minimum atomic E-state index is -3.87. The number of carbonyl (C=O) groups is 1. The fraction of sp³-hybridized carbons (Fsp3) is 0.263. The standard InChI is InChI=1S/C19H18ClN3O3S/c20-15-12-16-17(11-14(15)19(24)21-13-7-3-1-4-8-13)27(25,26)22-18-9-5-2-6-10-23(16)18/h1,3-4,7-8,11-12H,2,5-6,9-10H2,(H,21,24). The molecule has 0 atom stereocenters. The highest BCUT2D eigenvalue weighted by Crippen LogP contribution is 2.38. The fourth-order valence-corrected chi connectivity index (χ4v) is 4.90. The maximum atomic E-state index is 12.7. The zero-order valence-electron chi connectivity index (χ0n) is 14.5. The van der Waals surface area contributed by atoms with E-state index in [-0.39, 0.29) is 15.5 Å². The minimum absolute atomic E-state index is 0.0239. The van der Waals surface area contributed by atoms with Gasteiger partial charge in [-0.3, -0.25) is 4.79 Å². The van der Waals surface area contributed by atoms with Crippen LogP contribution in [0.1, 0.15) is 36.0 Å². The first-order chi connectivity index (χ1) is 13.0. The van der Waals surface area contributed by atoms with Gasteiger partial charge in [0.25, 0.3) is 15.9 Å². The number of para-hydroxylation sites is 1. The Balaban J connectivity index is 1.76. The van der Waals surface area contributed by atoms with E-state index in [1.165, 1.54) is 6.07 Å². The average Bonchev–Trinajstić information content (AvgIpc) is 2.87. The molecule has 0 aliphatic carbocycles. The van der Waals surface area contributed by atoms with Crippen LogP contribution in [-0.4, -0.2) is 26.7 Å². The molecule has 1 saturated heterocycles. The number of sulfonamides is 1. The SMILES string of the molecule is O=C(Nc1ccccc1)c1cc2c(cc1Cl)N1CCCCCC1=NS2(=O)=O. The average molecular weight is 404 g/mol. The van der Waals surface area contributed by atoms with Crippen molar-refractivity contribution < 1.29 is 13.2 Å². The van der Waals surface area contributed by atoms with Gasteiger partial charge in [-0.2, -0.15) is 8.42 Å². The van der Waals surface area contributed by atoms with Crippen LogP contribution in [0.4, 0.5) is 11.4 Å². The summed E-state index contributed by atoms with van der Waals surface area (Å²) in [6, 6.07) is 11.8. The first-order valence-electron chi connectivity index (χ1n) is 8.77. The Kier molecular flexibility index (Phi) is 4.65. The van der Waals surface area contributed by atoms with Crippen molar-refractivity contribution in [3.05, 3.63) is 53.1 Å². The van der Waals surface area contributed by atoms with Gasteiger partial charge in [0.05, 0.1) is 16.3 Å². The highest BCUT2D eigenvalue weighted by atomic mass is 35.5. The summed E-state index contributed by atoms with van der Waals surface area (Å²) in [6.07, 6.45) is 3.50. The Morgan fingerprint density at radius 3 is 2.67 bits per heavy atom. The second kappa shape index (κ2) is 6.98. The predicted molar refractivity (Wildman–Crippen MR) is 106 cm³/mol. The smallest absolute Gasteiger partial charge is 0.286 e. The number of hydrogen-bond acceptors (Lipinski definition) is 4. The number of nitrogens with zero attached hydrogens (tertiary/aromatic N) is 2. The largest absolute Gasteiger partial charge is 0.328 e. The van der Waals surface area contributed by atoms with E-state index in [4.69, 9.17) is 11.6 Å². The molecule has 1 fully saturated rings. The van der Waals surface area contributed by atoms with Crippen LogP contribution in [0.3, 0.4) is 0 Å². The predicted octanol–water partition coefficient (Wildman–Crippen LogP) is 4.07. The van der Waals surface area contributed by atoms with E-state index in [0.29, 0.717) is 30.2 Å². The van der Waals surface area contributed by atoms with E-state index in [1.54, 1.807) is 30.3 Å². The van der Waals surface area contributed by atoms with Gasteiger partial charge in [0.15, 0.2) is 0 Å². The molecular weight excluding hydrogens is 386 g/mol. The Morgan fingerprint density at radius 1 is 1.11 bits per heavy atom. The van der Waals surface area contributed by atoms with Crippen LogP contribution in [0.5, 0.6) is 0 Å². The van der Waals surface area contributed by atoms with E-state index in [0.717, 1.165) is 19.3 Å². The van der Waals surface area contributed by atoms with Crippen molar-refractivity contribution in [2.24, 2.45) is 4.40 Å². The van der Waals surface area contributed by atoms with E-state index < -0.39 is 15.9 Å². The molecule has 0 aromatic heterocycles. The van der Waals surface area contributed by atoms with Crippen molar-refractivity contribution in [3.63, 3.8) is 0 Å². The summed E-state index contributed by atoms with van der Waals surface area (Å²) < 4.78 is 29.4. The lowest BCUT2D eigenvalue weighted by Crippen LogP contribution is -2.35. The number of amidine groups is 1. The van der Waals surface area contributed by atoms with E-state index in [9.17, 15) is 13.2 Å². The number of fused-ring (bicyclic) bond motifs is 3. The topological polar surface area (TPSA) is 78.8 Å². The number of rotatable bonds is 2. The van der Waals surface area contributed by atoms with Gasteiger partial charge in [0.2, 0.25) is 0 Å². The molecule has 0 saturated carbocycles. The molecule has 1 N–H and O–H groups in total. The molecule has 2 heterocycles. The van der Waals surface area contributed by atoms with Gasteiger partial charge >= 0.3 is 0 Å². The number of hydrogen-bond donors (Lipinski definition) is 1. The number of carbonyl (C=O) groups excluding carboxylic acids is 1. The molecule has 2 aromatic rings. The molecule has 1 amide bonds. The van der Waals surface area contributed by atoms with Crippen LogP contribution < -0.4 is 10.2 Å². The molecule has 2 aromatic carbocycles. The van der Waals surface area contributed by atoms with Crippen molar-refractivity contribution >= 4 is 44.7 Å². The number of nitrogens with one attached hydrogen (secondary N) is 1. The van der Waals surface area contributed by atoms with Gasteiger partial charge in [-0.1, -0.05) is 36.2 Å². The summed E-state index contributed by atoms with van der Waals surface area (Å²) in [5.74, 6) is 0.0902. The van der Waals surface area contributed by atoms with Crippen molar-refractivity contribution in [1.29, 1.82) is 0 Å². The summed E-state index contributed by atoms with van der Waals surface area (Å²) in [5, 5.41) is 2.94. The van der Waals surface area contributed by atoms with Crippen molar-refractivity contribution in [2.75, 3.05) is 16.8 Å². The Bertz CT molecular complexity index is 1040. The number of amides is 1. The third kappa shape index (κ3) is 3.44. The van der Waals surface area contributed by atoms with Gasteiger partial charge < -0.3 is 10.2 Å². The van der Waals surface area contributed by atoms with Gasteiger partial charge in [-0.15, -0.1) is 4.40 Å². The highest BCUT2D eigenvalue weighted by Gasteiger charge is 2.33. The number of benzene rings is 2. The second-order valence-electron chi connectivity index (χ2n) is 6.56. The van der Waals surface area contributed by atoms with Crippen LogP contribution in [0, 0.1) is 0 Å². The summed E-state index contributed by atoms with van der Waals surface area (Å²) in [7, 11) is -3.87. The summed E-state index contributed by atoms with van der Waals surface area (Å²) >= 11 is 6.37. The quantitative estimate of drug-likeness (QED) is 0.819. The van der Waals surface area contributed by atoms with Crippen molar-refractivity contribution in [2.45, 2.75) is 30.6 Å². The number of halogens is 1. The van der Waals surface area contributed by atoms with Crippen LogP contribution in [0.25, 0.3) is 0 Å². The van der Waals surface area contributed by atoms with Gasteiger partial charge in [0, 0.05) is 18.7 Å². The zero-order valence-corrected chi connectivity index (χ0v) is 16.1. The third-order valence-electron chi connectivity index (χ3n) is 4.71. The zero-order chi connectivity index (χ0) is 19.0. The van der Waals surface area contributed by atoms with Crippen LogP contribution >= 0.6 is 11.6 Å². The number of anilines is 2. The summed E-state index contributed by atoms with van der Waals surface area (Å²) in [5.41, 5.74) is 1.21. The first kappa shape index (κ1) is 18.0. The highest BCUT2D eigenvalue weighted by molar-refractivity contribution is 7.90. The van der Waals surface area contributed by atoms with Gasteiger partial charge in [-0.25, -0.2) is 0 Å². The molecule has 8 heteroatoms. The minimum Gasteiger partial charge on any atom is -0.328 e. The van der Waals surface area contributed by atoms with Crippen molar-refractivity contribution in [3.8, 4) is 0 Å². The normalized spacial score (nSPS) is 18.0. The van der Waals surface area contributed by atoms with Crippen LogP contribution in [-0.2, 0) is 10.0 Å². The Morgan fingerprint density at radius 2 is 1.89 bits per heavy atom. The van der Waals surface area contributed by atoms with Crippen LogP contribution in [0.2, 0.25) is 5.02 Å². The molecule has 27 heavy (non-hydrogen) atoms. The monoisotopic (exact) mass is 403 g/mol. The lowest BCUT2D eigenvalue weighted by Gasteiger charge is -2.30. The van der Waals surface area contributed by atoms with Crippen molar-refractivity contribution in [1.82, 2.24) is 0 Å². The third-order valence-corrected chi connectivity index (χ3v) is 6.36. The summed E-state index contributed by atoms with van der Waals surface area (Å²) in [6.45, 7) is 0.688. The molecule has 0 bridgehead atoms. The maximum Gasteiger partial charge on any atom is 0.286 e. The van der Waals surface area contributed by atoms with E-state index >= 15 is 0 Å². The molecule has 4 rings (SSSR count). The maximum absolute atomic E-state index is 12.7. The Labute approximate surface area is 162 Å². The van der Waals surface area contributed by atoms with Crippen LogP contribution in [0.15, 0.2) is 51.8 Å². The Hall–Kier alpha value is -2.38. The lowest BCUT2D eigenvalue weighted by atomic mass is 10.1. The molecule has 6 nitrogen and oxygen atoms in total. The molecule has 0 spiro atoms. The fourth-order valence-electron chi connectivity index (χ4n) is 3.39. The molecule has 140 valence electrons. The molecule has 2 aliphatic heterocycles. The molecule has 2 aliphatic rings.